The number of hydrogen-bond donors (Lipinski definition) is 1. The van der Waals surface area contributed by atoms with Crippen LogP contribution in [-0.4, -0.2) is 53.2 Å². The molecule has 0 radical (unpaired) electrons. The van der Waals surface area contributed by atoms with E-state index in [1.165, 1.54) is 0 Å². The van der Waals surface area contributed by atoms with Crippen LogP contribution in [0.2, 0.25) is 0 Å². The van der Waals surface area contributed by atoms with Gasteiger partial charge >= 0.3 is 30.2 Å². The second-order valence-corrected chi connectivity index (χ2v) is 4.43. The number of carbonyl (C=O) groups excluding carboxylic acids is 1. The highest BCUT2D eigenvalue weighted by Crippen LogP contribution is 2.47. The van der Waals surface area contributed by atoms with Crippen LogP contribution >= 0.6 is 0 Å². The molecule has 1 heterocycles. The van der Waals surface area contributed by atoms with Gasteiger partial charge in [0, 0.05) is 13.1 Å². The number of hydrogen-bond acceptors (Lipinski definition) is 2. The van der Waals surface area contributed by atoms with Gasteiger partial charge in [0.05, 0.1) is 0 Å². The fourth-order valence-corrected chi connectivity index (χ4v) is 1.83. The largest absolute Gasteiger partial charge is 0.481 e. The van der Waals surface area contributed by atoms with Crippen molar-refractivity contribution in [1.29, 1.82) is 0 Å². The maximum Gasteiger partial charge on any atom is 0.463 e. The number of carboxylic acid groups (broad SMARTS) is 1. The van der Waals surface area contributed by atoms with E-state index in [4.69, 9.17) is 5.11 Å². The molecule has 1 atom stereocenters. The van der Waals surface area contributed by atoms with E-state index in [1.54, 1.807) is 0 Å². The van der Waals surface area contributed by atoms with Crippen LogP contribution in [0.4, 0.5) is 35.1 Å². The van der Waals surface area contributed by atoms with Crippen molar-refractivity contribution in [3.05, 3.63) is 0 Å². The highest BCUT2D eigenvalue weighted by Gasteiger charge is 2.69. The standard InChI is InChI=1S/C9H7F8NO3/c10-7(11,9(15,16)17)4(19)18-2-1-6(3-18,5(20)21)8(12,13)14/h1-3H2,(H,20,21). The smallest absolute Gasteiger partial charge is 0.463 e. The number of aliphatic carboxylic acids is 1. The summed E-state index contributed by atoms with van der Waals surface area (Å²) in [6.07, 6.45) is -13.0. The molecule has 4 nitrogen and oxygen atoms in total. The van der Waals surface area contributed by atoms with E-state index in [0.717, 1.165) is 0 Å². The number of carbonyl (C=O) groups is 2. The van der Waals surface area contributed by atoms with E-state index < -0.39 is 60.0 Å². The summed E-state index contributed by atoms with van der Waals surface area (Å²) < 4.78 is 99.6. The third kappa shape index (κ3) is 2.62. The molecule has 1 N–H and O–H groups in total. The first-order valence-corrected chi connectivity index (χ1v) is 5.21. The minimum atomic E-state index is -6.28. The molecule has 0 bridgehead atoms. The van der Waals surface area contributed by atoms with Crippen LogP contribution in [-0.2, 0) is 9.59 Å². The molecular formula is C9H7F8NO3. The molecule has 0 spiro atoms. The van der Waals surface area contributed by atoms with Gasteiger partial charge in [-0.15, -0.1) is 0 Å². The van der Waals surface area contributed by atoms with Gasteiger partial charge in [-0.05, 0) is 6.42 Å². The van der Waals surface area contributed by atoms with Crippen molar-refractivity contribution in [3.63, 3.8) is 0 Å². The lowest BCUT2D eigenvalue weighted by molar-refractivity contribution is -0.274. The van der Waals surface area contributed by atoms with Crippen molar-refractivity contribution in [1.82, 2.24) is 4.90 Å². The Morgan fingerprint density at radius 2 is 1.48 bits per heavy atom. The predicted molar refractivity (Wildman–Crippen MR) is 48.3 cm³/mol. The van der Waals surface area contributed by atoms with Crippen LogP contribution in [0, 0.1) is 5.41 Å². The van der Waals surface area contributed by atoms with Crippen LogP contribution in [0.25, 0.3) is 0 Å². The lowest BCUT2D eigenvalue weighted by Crippen LogP contribution is -2.53. The van der Waals surface area contributed by atoms with Crippen molar-refractivity contribution in [2.75, 3.05) is 13.1 Å². The summed E-state index contributed by atoms with van der Waals surface area (Å²) in [4.78, 5) is 21.3. The van der Waals surface area contributed by atoms with Gasteiger partial charge in [0.25, 0.3) is 0 Å². The molecule has 0 aromatic heterocycles. The van der Waals surface area contributed by atoms with Gasteiger partial charge in [-0.2, -0.15) is 35.1 Å². The summed E-state index contributed by atoms with van der Waals surface area (Å²) in [5, 5.41) is 8.59. The van der Waals surface area contributed by atoms with Crippen molar-refractivity contribution < 1.29 is 49.8 Å². The van der Waals surface area contributed by atoms with E-state index in [0.29, 0.717) is 0 Å². The van der Waals surface area contributed by atoms with Gasteiger partial charge in [-0.1, -0.05) is 0 Å². The van der Waals surface area contributed by atoms with Crippen molar-refractivity contribution in [2.45, 2.75) is 24.7 Å². The van der Waals surface area contributed by atoms with E-state index in [9.17, 15) is 44.7 Å². The summed E-state index contributed by atoms with van der Waals surface area (Å²) in [7, 11) is 0. The highest BCUT2D eigenvalue weighted by molar-refractivity contribution is 5.86. The molecule has 1 saturated heterocycles. The third-order valence-corrected chi connectivity index (χ3v) is 3.13. The fourth-order valence-electron chi connectivity index (χ4n) is 1.83. The summed E-state index contributed by atoms with van der Waals surface area (Å²) in [5.41, 5.74) is -3.55. The molecule has 1 fully saturated rings. The summed E-state index contributed by atoms with van der Waals surface area (Å²) in [6, 6.07) is 0. The molecule has 122 valence electrons. The molecule has 1 rings (SSSR count). The average Bonchev–Trinajstić information content (AvgIpc) is 2.71. The molecule has 0 aromatic rings. The number of halogens is 8. The molecule has 1 aliphatic heterocycles. The molecule has 0 aliphatic carbocycles. The van der Waals surface area contributed by atoms with Crippen LogP contribution in [0.3, 0.4) is 0 Å². The Balaban J connectivity index is 3.07. The molecule has 1 aliphatic rings. The monoisotopic (exact) mass is 329 g/mol. The summed E-state index contributed by atoms with van der Waals surface area (Å²) in [6.45, 7) is -2.97. The Labute approximate surface area is 111 Å². The highest BCUT2D eigenvalue weighted by atomic mass is 19.4. The van der Waals surface area contributed by atoms with Crippen molar-refractivity contribution in [3.8, 4) is 0 Å². The number of likely N-dealkylation sites (tertiary alicyclic amines) is 1. The zero-order valence-electron chi connectivity index (χ0n) is 9.86. The Morgan fingerprint density at radius 1 is 1.00 bits per heavy atom. The zero-order chi connectivity index (χ0) is 16.9. The van der Waals surface area contributed by atoms with Gasteiger partial charge in [-0.25, -0.2) is 0 Å². The lowest BCUT2D eigenvalue weighted by atomic mass is 9.86. The van der Waals surface area contributed by atoms with E-state index in [-0.39, 0.29) is 0 Å². The second kappa shape index (κ2) is 4.70. The Kier molecular flexibility index (Phi) is 3.90. The molecule has 1 amide bonds. The first kappa shape index (κ1) is 17.4. The third-order valence-electron chi connectivity index (χ3n) is 3.13. The topological polar surface area (TPSA) is 57.6 Å². The maximum atomic E-state index is 12.8. The predicted octanol–water partition coefficient (Wildman–Crippen LogP) is 2.05. The average molecular weight is 329 g/mol. The minimum Gasteiger partial charge on any atom is -0.481 e. The van der Waals surface area contributed by atoms with Crippen LogP contribution in [0.5, 0.6) is 0 Å². The van der Waals surface area contributed by atoms with Gasteiger partial charge < -0.3 is 10.0 Å². The molecule has 0 aromatic carbocycles. The Hall–Kier alpha value is -1.62. The van der Waals surface area contributed by atoms with Crippen LogP contribution in [0.1, 0.15) is 6.42 Å². The molecule has 1 unspecified atom stereocenters. The summed E-state index contributed by atoms with van der Waals surface area (Å²) >= 11 is 0. The number of carboxylic acids is 1. The van der Waals surface area contributed by atoms with Gasteiger partial charge in [0.15, 0.2) is 5.41 Å². The number of alkyl halides is 8. The Bertz CT molecular complexity index is 457. The van der Waals surface area contributed by atoms with Crippen molar-refractivity contribution in [2.24, 2.45) is 5.41 Å². The van der Waals surface area contributed by atoms with Crippen LogP contribution < -0.4 is 0 Å². The van der Waals surface area contributed by atoms with Gasteiger partial charge in [0.1, 0.15) is 0 Å². The SMILES string of the molecule is O=C(N1CCC(C(=O)O)(C(F)(F)F)C1)C(F)(F)C(F)(F)F. The molecular weight excluding hydrogens is 322 g/mol. The molecule has 0 saturated carbocycles. The van der Waals surface area contributed by atoms with Gasteiger partial charge in [-0.3, -0.25) is 9.59 Å². The first-order valence-electron chi connectivity index (χ1n) is 5.21. The number of amides is 1. The second-order valence-electron chi connectivity index (χ2n) is 4.43. The van der Waals surface area contributed by atoms with E-state index in [2.05, 4.69) is 0 Å². The summed E-state index contributed by atoms with van der Waals surface area (Å²) in [5.74, 6) is -11.2. The first-order chi connectivity index (χ1) is 9.17. The normalized spacial score (nSPS) is 24.3. The van der Waals surface area contributed by atoms with Crippen LogP contribution in [0.15, 0.2) is 0 Å². The van der Waals surface area contributed by atoms with E-state index in [1.807, 2.05) is 0 Å². The Morgan fingerprint density at radius 3 is 1.76 bits per heavy atom. The molecule has 12 heteroatoms. The quantitative estimate of drug-likeness (QED) is 0.789. The van der Waals surface area contributed by atoms with E-state index >= 15 is 0 Å². The fraction of sp³-hybridized carbons (Fsp3) is 0.778. The molecule has 21 heavy (non-hydrogen) atoms. The number of rotatable bonds is 2. The lowest BCUT2D eigenvalue weighted by Gasteiger charge is -2.28. The zero-order valence-corrected chi connectivity index (χ0v) is 9.86. The van der Waals surface area contributed by atoms with Crippen molar-refractivity contribution >= 4 is 11.9 Å². The number of nitrogens with zero attached hydrogens (tertiary/aromatic N) is 1. The minimum absolute atomic E-state index is 0.435. The van der Waals surface area contributed by atoms with Gasteiger partial charge in [0.2, 0.25) is 0 Å². The maximum absolute atomic E-state index is 12.8.